The third kappa shape index (κ3) is 5.41. The topological polar surface area (TPSA) is 14.2 Å². The van der Waals surface area contributed by atoms with Gasteiger partial charge in [-0.25, -0.2) is 0 Å². The summed E-state index contributed by atoms with van der Waals surface area (Å²) in [5, 5.41) is 2.55. The quantitative estimate of drug-likeness (QED) is 0.163. The van der Waals surface area contributed by atoms with Crippen molar-refractivity contribution in [2.45, 2.75) is 62.3 Å². The van der Waals surface area contributed by atoms with Gasteiger partial charge < -0.3 is 9.30 Å². The van der Waals surface area contributed by atoms with Crippen LogP contribution in [-0.2, 0) is 0 Å². The molecule has 0 radical (unpaired) electrons. The average Bonchev–Trinajstić information content (AvgIpc) is 3.52. The van der Waals surface area contributed by atoms with Crippen LogP contribution in [0, 0.1) is 62.3 Å². The predicted octanol–water partition coefficient (Wildman–Crippen LogP) is 13.2. The molecule has 2 aliphatic rings. The van der Waals surface area contributed by atoms with Crippen LogP contribution in [0.4, 0.5) is 0 Å². The van der Waals surface area contributed by atoms with Crippen molar-refractivity contribution < 1.29 is 4.74 Å². The van der Waals surface area contributed by atoms with E-state index in [1.54, 1.807) is 0 Å². The molecule has 0 spiro atoms. The van der Waals surface area contributed by atoms with E-state index in [0.717, 1.165) is 17.1 Å². The Morgan fingerprint density at radius 3 is 1.52 bits per heavy atom. The molecule has 9 aromatic rings. The van der Waals surface area contributed by atoms with Crippen LogP contribution in [0.3, 0.4) is 0 Å². The summed E-state index contributed by atoms with van der Waals surface area (Å²) >= 11 is 0. The molecule has 8 aromatic carbocycles. The van der Waals surface area contributed by atoms with Crippen molar-refractivity contribution in [3.05, 3.63) is 177 Å². The highest BCUT2D eigenvalue weighted by Crippen LogP contribution is 2.44. The molecule has 290 valence electrons. The van der Waals surface area contributed by atoms with E-state index in [9.17, 15) is 0 Å². The highest BCUT2D eigenvalue weighted by molar-refractivity contribution is 6.99. The molecule has 0 unspecified atom stereocenters. The molecule has 0 saturated heterocycles. The number of ether oxygens (including phenoxy) is 1. The van der Waals surface area contributed by atoms with E-state index in [-0.39, 0.29) is 6.71 Å². The number of aryl methyl sites for hydroxylation is 9. The fourth-order valence-electron chi connectivity index (χ4n) is 11.4. The summed E-state index contributed by atoms with van der Waals surface area (Å²) in [7, 11) is 0. The number of aromatic nitrogens is 1. The number of fused-ring (bicyclic) bond motifs is 7. The fourth-order valence-corrected chi connectivity index (χ4v) is 11.4. The third-order valence-corrected chi connectivity index (χ3v) is 13.4. The summed E-state index contributed by atoms with van der Waals surface area (Å²) in [4.78, 5) is 0. The zero-order chi connectivity index (χ0) is 41.3. The number of benzene rings is 8. The Kier molecular flexibility index (Phi) is 8.04. The minimum atomic E-state index is -0.0408. The molecule has 1 aromatic heterocycles. The van der Waals surface area contributed by atoms with Gasteiger partial charge in [-0.05, 0) is 193 Å². The highest BCUT2D eigenvalue weighted by atomic mass is 16.5. The monoisotopic (exact) mass is 773 g/mol. The van der Waals surface area contributed by atoms with E-state index in [1.807, 2.05) is 0 Å². The van der Waals surface area contributed by atoms with Crippen molar-refractivity contribution in [2.24, 2.45) is 0 Å². The molecule has 0 fully saturated rings. The summed E-state index contributed by atoms with van der Waals surface area (Å²) in [5.74, 6) is 1.85. The number of rotatable bonds is 4. The molecule has 60 heavy (non-hydrogen) atoms. The van der Waals surface area contributed by atoms with E-state index >= 15 is 0 Å². The molecule has 0 amide bonds. The SMILES string of the molecule is Cc1cc(C)c(-c2ccc3c(c2)B2c4c(cc(-c5ccccc5)cc4-n4c5ccc(-c6c(C)cc(C)cc6C)cc5c5cc(-c6c(C)cc(C)cc6C)cc2c54)O3)c(C)c1. The Morgan fingerprint density at radius 1 is 0.400 bits per heavy atom. The van der Waals surface area contributed by atoms with Gasteiger partial charge >= 0.3 is 0 Å². The summed E-state index contributed by atoms with van der Waals surface area (Å²) in [6.45, 7) is 20.1. The zero-order valence-corrected chi connectivity index (χ0v) is 36.1. The number of hydrogen-bond donors (Lipinski definition) is 0. The summed E-state index contributed by atoms with van der Waals surface area (Å²) in [5.41, 5.74) is 29.2. The second-order valence-electron chi connectivity index (χ2n) is 17.9. The molecule has 3 heteroatoms. The number of hydrogen-bond acceptors (Lipinski definition) is 1. The van der Waals surface area contributed by atoms with E-state index in [0.29, 0.717) is 0 Å². The third-order valence-electron chi connectivity index (χ3n) is 13.4. The van der Waals surface area contributed by atoms with Gasteiger partial charge in [0.2, 0.25) is 0 Å². The molecule has 2 nitrogen and oxygen atoms in total. The van der Waals surface area contributed by atoms with Crippen molar-refractivity contribution in [3.63, 3.8) is 0 Å². The fraction of sp³-hybridized carbons (Fsp3) is 0.158. The lowest BCUT2D eigenvalue weighted by molar-refractivity contribution is 0.487. The van der Waals surface area contributed by atoms with Crippen molar-refractivity contribution in [1.29, 1.82) is 0 Å². The minimum absolute atomic E-state index is 0.0408. The van der Waals surface area contributed by atoms with Crippen LogP contribution >= 0.6 is 0 Å². The Balaban J connectivity index is 1.28. The first-order valence-electron chi connectivity index (χ1n) is 21.4. The van der Waals surface area contributed by atoms with Gasteiger partial charge in [0, 0.05) is 22.0 Å². The van der Waals surface area contributed by atoms with E-state index in [1.165, 1.54) is 133 Å². The van der Waals surface area contributed by atoms with E-state index < -0.39 is 0 Å². The highest BCUT2D eigenvalue weighted by Gasteiger charge is 2.41. The lowest BCUT2D eigenvalue weighted by Gasteiger charge is -2.34. The summed E-state index contributed by atoms with van der Waals surface area (Å²) in [6.07, 6.45) is 0. The number of nitrogens with zero attached hydrogens (tertiary/aromatic N) is 1. The molecular formula is C57H48BNO. The van der Waals surface area contributed by atoms with Gasteiger partial charge in [-0.2, -0.15) is 0 Å². The summed E-state index contributed by atoms with van der Waals surface area (Å²) < 4.78 is 9.68. The van der Waals surface area contributed by atoms with E-state index in [4.69, 9.17) is 4.74 Å². The minimum Gasteiger partial charge on any atom is -0.458 e. The van der Waals surface area contributed by atoms with Crippen molar-refractivity contribution in [1.82, 2.24) is 4.57 Å². The predicted molar refractivity (Wildman–Crippen MR) is 256 cm³/mol. The lowest BCUT2D eigenvalue weighted by atomic mass is 9.34. The van der Waals surface area contributed by atoms with Gasteiger partial charge in [0.1, 0.15) is 11.5 Å². The smallest absolute Gasteiger partial charge is 0.256 e. The van der Waals surface area contributed by atoms with Gasteiger partial charge in [-0.3, -0.25) is 0 Å². The van der Waals surface area contributed by atoms with Crippen LogP contribution < -0.4 is 21.1 Å². The van der Waals surface area contributed by atoms with Gasteiger partial charge in [0.25, 0.3) is 6.71 Å². The zero-order valence-electron chi connectivity index (χ0n) is 36.1. The normalized spacial score (nSPS) is 12.5. The van der Waals surface area contributed by atoms with Gasteiger partial charge in [0.15, 0.2) is 0 Å². The summed E-state index contributed by atoms with van der Waals surface area (Å²) in [6, 6.07) is 48.5. The molecule has 0 N–H and O–H groups in total. The maximum atomic E-state index is 7.12. The Labute approximate surface area is 354 Å². The van der Waals surface area contributed by atoms with Crippen molar-refractivity contribution in [3.8, 4) is 61.7 Å². The van der Waals surface area contributed by atoms with Crippen LogP contribution in [0.2, 0.25) is 0 Å². The first kappa shape index (κ1) is 36.5. The van der Waals surface area contributed by atoms with Gasteiger partial charge in [-0.1, -0.05) is 108 Å². The molecule has 0 bridgehead atoms. The molecule has 2 aliphatic heterocycles. The molecule has 0 atom stereocenters. The average molecular weight is 774 g/mol. The maximum absolute atomic E-state index is 7.12. The van der Waals surface area contributed by atoms with Crippen molar-refractivity contribution >= 4 is 44.9 Å². The van der Waals surface area contributed by atoms with Crippen LogP contribution in [-0.4, -0.2) is 11.3 Å². The first-order valence-corrected chi connectivity index (χ1v) is 21.4. The van der Waals surface area contributed by atoms with Gasteiger partial charge in [0.05, 0.1) is 5.52 Å². The second-order valence-corrected chi connectivity index (χ2v) is 17.9. The standard InChI is InChI=1S/C57H48BNO/c1-31-19-34(4)53(35(5)20-31)41-15-17-49-45(25-41)46-26-44(55-38(8)23-33(3)24-39(55)9)28-48-57(46)59(49)50-29-43(40-13-11-10-12-14-40)30-52-56(50)58(48)47-27-42(16-18-51(47)60-52)54-36(6)21-32(2)22-37(54)7/h10-30H,1-9H3. The van der Waals surface area contributed by atoms with Crippen LogP contribution in [0.5, 0.6) is 11.5 Å². The molecule has 11 rings (SSSR count). The van der Waals surface area contributed by atoms with Gasteiger partial charge in [-0.15, -0.1) is 0 Å². The molecule has 0 saturated carbocycles. The molecule has 3 heterocycles. The molecule has 0 aliphatic carbocycles. The van der Waals surface area contributed by atoms with E-state index in [2.05, 4.69) is 194 Å². The van der Waals surface area contributed by atoms with Crippen LogP contribution in [0.25, 0.3) is 72.0 Å². The largest absolute Gasteiger partial charge is 0.458 e. The second kappa shape index (κ2) is 13.2. The van der Waals surface area contributed by atoms with Crippen LogP contribution in [0.1, 0.15) is 50.1 Å². The van der Waals surface area contributed by atoms with Crippen molar-refractivity contribution in [2.75, 3.05) is 0 Å². The maximum Gasteiger partial charge on any atom is 0.256 e. The Morgan fingerprint density at radius 2 is 0.917 bits per heavy atom. The lowest BCUT2D eigenvalue weighted by Crippen LogP contribution is -2.58. The van der Waals surface area contributed by atoms with Crippen LogP contribution in [0.15, 0.2) is 127 Å². The first-order chi connectivity index (χ1) is 28.9. The Bertz CT molecular complexity index is 3260. The Hall–Kier alpha value is -6.58. The molecular weight excluding hydrogens is 725 g/mol.